The Morgan fingerprint density at radius 2 is 1.96 bits per heavy atom. The molecule has 0 bridgehead atoms. The molecule has 1 aliphatic heterocycles. The minimum atomic E-state index is -0.334. The molecule has 7 heteroatoms. The Kier molecular flexibility index (Phi) is 3.28. The highest BCUT2D eigenvalue weighted by atomic mass is 19.1. The number of benzene rings is 2. The van der Waals surface area contributed by atoms with Gasteiger partial charge in [-0.2, -0.15) is 0 Å². The highest BCUT2D eigenvalue weighted by molar-refractivity contribution is 5.92. The number of nitrogens with one attached hydrogen (secondary N) is 1. The zero-order chi connectivity index (χ0) is 18.7. The van der Waals surface area contributed by atoms with Crippen LogP contribution in [-0.4, -0.2) is 21.3 Å². The molecule has 0 saturated carbocycles. The molecule has 0 spiro atoms. The Labute approximate surface area is 153 Å². The number of H-pyrrole nitrogens is 1. The van der Waals surface area contributed by atoms with Gasteiger partial charge >= 0.3 is 5.69 Å². The van der Waals surface area contributed by atoms with Gasteiger partial charge in [-0.15, -0.1) is 0 Å². The third kappa shape index (κ3) is 2.24. The van der Waals surface area contributed by atoms with Gasteiger partial charge in [-0.1, -0.05) is 17.3 Å². The van der Waals surface area contributed by atoms with Gasteiger partial charge < -0.3 is 14.2 Å². The molecule has 4 aromatic rings. The Balaban J connectivity index is 1.78. The van der Waals surface area contributed by atoms with Crippen LogP contribution < -0.4 is 10.4 Å². The van der Waals surface area contributed by atoms with E-state index in [1.54, 1.807) is 16.7 Å². The predicted molar refractivity (Wildman–Crippen MR) is 97.6 cm³/mol. The smallest absolute Gasteiger partial charge is 0.327 e. The zero-order valence-electron chi connectivity index (χ0n) is 14.7. The fourth-order valence-corrected chi connectivity index (χ4v) is 3.86. The van der Waals surface area contributed by atoms with Gasteiger partial charge in [0.15, 0.2) is 5.75 Å². The van der Waals surface area contributed by atoms with Crippen LogP contribution in [0.2, 0.25) is 0 Å². The van der Waals surface area contributed by atoms with E-state index in [9.17, 15) is 9.18 Å². The number of halogens is 1. The highest BCUT2D eigenvalue weighted by Gasteiger charge is 2.30. The van der Waals surface area contributed by atoms with Crippen LogP contribution in [0.3, 0.4) is 0 Å². The largest absolute Gasteiger partial charge is 0.488 e. The molecule has 27 heavy (non-hydrogen) atoms. The molecule has 0 saturated heterocycles. The third-order valence-electron chi connectivity index (χ3n) is 5.09. The van der Waals surface area contributed by atoms with Crippen molar-refractivity contribution in [2.45, 2.75) is 19.9 Å². The van der Waals surface area contributed by atoms with Gasteiger partial charge in [0.2, 0.25) is 0 Å². The summed E-state index contributed by atoms with van der Waals surface area (Å²) in [6.45, 7) is 3.99. The number of aromatic amines is 1. The lowest BCUT2D eigenvalue weighted by molar-refractivity contribution is 0.257. The van der Waals surface area contributed by atoms with E-state index in [1.165, 1.54) is 12.1 Å². The van der Waals surface area contributed by atoms with Crippen LogP contribution in [-0.2, 0) is 0 Å². The molecule has 136 valence electrons. The molecule has 2 aromatic heterocycles. The summed E-state index contributed by atoms with van der Waals surface area (Å²) in [5.41, 5.74) is 4.44. The Hall–Kier alpha value is -3.35. The maximum absolute atomic E-state index is 13.3. The Morgan fingerprint density at radius 3 is 2.67 bits per heavy atom. The maximum atomic E-state index is 13.3. The van der Waals surface area contributed by atoms with Gasteiger partial charge in [-0.3, -0.25) is 4.57 Å². The quantitative estimate of drug-likeness (QED) is 0.588. The first-order valence-electron chi connectivity index (χ1n) is 8.63. The number of ether oxygens (including phenoxy) is 1. The predicted octanol–water partition coefficient (Wildman–Crippen LogP) is 3.72. The molecule has 0 aliphatic carbocycles. The maximum Gasteiger partial charge on any atom is 0.327 e. The first-order chi connectivity index (χ1) is 13.0. The third-order valence-corrected chi connectivity index (χ3v) is 5.09. The average Bonchev–Trinajstić information content (AvgIpc) is 3.17. The second kappa shape index (κ2) is 5.57. The minimum Gasteiger partial charge on any atom is -0.488 e. The SMILES string of the molecule is Cc1noc(C)c1-c1ccc2[nH]c(=O)n3c2c1OCC3c1ccc(F)cc1. The fraction of sp³-hybridized carbons (Fsp3) is 0.200. The summed E-state index contributed by atoms with van der Waals surface area (Å²) in [4.78, 5) is 15.6. The van der Waals surface area contributed by atoms with Crippen LogP contribution in [0.4, 0.5) is 4.39 Å². The van der Waals surface area contributed by atoms with Crippen molar-refractivity contribution in [1.82, 2.24) is 14.7 Å². The highest BCUT2D eigenvalue weighted by Crippen LogP contribution is 2.42. The van der Waals surface area contributed by atoms with Gasteiger partial charge in [-0.25, -0.2) is 9.18 Å². The number of aromatic nitrogens is 3. The van der Waals surface area contributed by atoms with Gasteiger partial charge in [0.1, 0.15) is 23.7 Å². The molecule has 3 heterocycles. The van der Waals surface area contributed by atoms with Crippen molar-refractivity contribution in [3.63, 3.8) is 0 Å². The van der Waals surface area contributed by atoms with E-state index in [1.807, 2.05) is 26.0 Å². The van der Waals surface area contributed by atoms with Crippen molar-refractivity contribution in [2.75, 3.05) is 6.61 Å². The van der Waals surface area contributed by atoms with Crippen LogP contribution in [0, 0.1) is 19.7 Å². The topological polar surface area (TPSA) is 73.0 Å². The molecule has 6 nitrogen and oxygen atoms in total. The number of imidazole rings is 1. The van der Waals surface area contributed by atoms with E-state index in [0.29, 0.717) is 22.5 Å². The second-order valence-corrected chi connectivity index (χ2v) is 6.72. The number of aryl methyl sites for hydroxylation is 2. The minimum absolute atomic E-state index is 0.222. The molecule has 5 rings (SSSR count). The van der Waals surface area contributed by atoms with Crippen molar-refractivity contribution >= 4 is 11.0 Å². The van der Waals surface area contributed by atoms with E-state index in [0.717, 1.165) is 22.4 Å². The summed E-state index contributed by atoms with van der Waals surface area (Å²) < 4.78 is 26.4. The lowest BCUT2D eigenvalue weighted by Gasteiger charge is -2.27. The van der Waals surface area contributed by atoms with Crippen molar-refractivity contribution in [3.8, 4) is 16.9 Å². The summed E-state index contributed by atoms with van der Waals surface area (Å²) >= 11 is 0. The lowest BCUT2D eigenvalue weighted by Crippen LogP contribution is -2.30. The van der Waals surface area contributed by atoms with Crippen molar-refractivity contribution in [1.29, 1.82) is 0 Å². The molecule has 0 radical (unpaired) electrons. The fourth-order valence-electron chi connectivity index (χ4n) is 3.86. The summed E-state index contributed by atoms with van der Waals surface area (Å²) in [5, 5.41) is 4.02. The summed E-state index contributed by atoms with van der Waals surface area (Å²) in [6, 6.07) is 9.56. The van der Waals surface area contributed by atoms with Gasteiger partial charge in [-0.05, 0) is 43.7 Å². The number of nitrogens with zero attached hydrogens (tertiary/aromatic N) is 2. The number of rotatable bonds is 2. The van der Waals surface area contributed by atoms with E-state index < -0.39 is 0 Å². The zero-order valence-corrected chi connectivity index (χ0v) is 14.7. The van der Waals surface area contributed by atoms with Crippen LogP contribution >= 0.6 is 0 Å². The summed E-state index contributed by atoms with van der Waals surface area (Å²) in [6.07, 6.45) is 0. The molecule has 0 amide bonds. The molecular weight excluding hydrogens is 349 g/mol. The van der Waals surface area contributed by atoms with Gasteiger partial charge in [0.25, 0.3) is 0 Å². The van der Waals surface area contributed by atoms with Crippen molar-refractivity contribution in [2.24, 2.45) is 0 Å². The van der Waals surface area contributed by atoms with Crippen LogP contribution in [0.25, 0.3) is 22.2 Å². The van der Waals surface area contributed by atoms with Crippen molar-refractivity contribution < 1.29 is 13.7 Å². The molecule has 2 aromatic carbocycles. The molecular formula is C20H16FN3O3. The molecule has 0 fully saturated rings. The standard InChI is InChI=1S/C20H16FN3O3/c1-10-17(11(2)27-23-10)14-7-8-15-18-19(14)26-9-16(24(18)20(25)22-15)12-3-5-13(21)6-4-12/h3-8,16H,9H2,1-2H3,(H,22,25). The molecule has 1 aliphatic rings. The monoisotopic (exact) mass is 365 g/mol. The van der Waals surface area contributed by atoms with E-state index in [4.69, 9.17) is 9.26 Å². The first kappa shape index (κ1) is 15.9. The van der Waals surface area contributed by atoms with E-state index in [-0.39, 0.29) is 24.2 Å². The number of hydrogen-bond acceptors (Lipinski definition) is 4. The molecule has 1 unspecified atom stereocenters. The Morgan fingerprint density at radius 1 is 1.19 bits per heavy atom. The normalized spacial score (nSPS) is 15.9. The lowest BCUT2D eigenvalue weighted by atomic mass is 10.00. The van der Waals surface area contributed by atoms with E-state index in [2.05, 4.69) is 10.1 Å². The van der Waals surface area contributed by atoms with Crippen molar-refractivity contribution in [3.05, 3.63) is 69.7 Å². The van der Waals surface area contributed by atoms with Crippen LogP contribution in [0.15, 0.2) is 45.7 Å². The summed E-state index contributed by atoms with van der Waals surface area (Å²) in [5.74, 6) is 0.999. The first-order valence-corrected chi connectivity index (χ1v) is 8.63. The second-order valence-electron chi connectivity index (χ2n) is 6.72. The summed E-state index contributed by atoms with van der Waals surface area (Å²) in [7, 11) is 0. The van der Waals surface area contributed by atoms with Crippen LogP contribution in [0.5, 0.6) is 5.75 Å². The molecule has 1 atom stereocenters. The molecule has 1 N–H and O–H groups in total. The number of hydrogen-bond donors (Lipinski definition) is 1. The van der Waals surface area contributed by atoms with Gasteiger partial charge in [0.05, 0.1) is 22.8 Å². The average molecular weight is 365 g/mol. The Bertz CT molecular complexity index is 1210. The van der Waals surface area contributed by atoms with Crippen LogP contribution in [0.1, 0.15) is 23.1 Å². The van der Waals surface area contributed by atoms with Gasteiger partial charge in [0, 0.05) is 5.56 Å². The van der Waals surface area contributed by atoms with E-state index >= 15 is 0 Å².